The van der Waals surface area contributed by atoms with Crippen LogP contribution in [0.15, 0.2) is 85.1 Å². The third kappa shape index (κ3) is 5.80. The third-order valence-electron chi connectivity index (χ3n) is 6.20. The van der Waals surface area contributed by atoms with Gasteiger partial charge in [-0.05, 0) is 49.1 Å². The van der Waals surface area contributed by atoms with Crippen LogP contribution in [-0.2, 0) is 11.3 Å². The largest absolute Gasteiger partial charge is 0.340 e. The van der Waals surface area contributed by atoms with Crippen molar-refractivity contribution in [2.24, 2.45) is 0 Å². The van der Waals surface area contributed by atoms with E-state index in [-0.39, 0.29) is 0 Å². The molecule has 1 aliphatic heterocycles. The van der Waals surface area contributed by atoms with Crippen molar-refractivity contribution in [3.63, 3.8) is 0 Å². The van der Waals surface area contributed by atoms with Crippen molar-refractivity contribution in [1.82, 2.24) is 15.2 Å². The lowest BCUT2D eigenvalue weighted by atomic mass is 9.88. The van der Waals surface area contributed by atoms with Crippen molar-refractivity contribution in [2.75, 3.05) is 13.1 Å². The molecule has 3 aromatic rings. The first kappa shape index (κ1) is 21.3. The summed E-state index contributed by atoms with van der Waals surface area (Å²) in [4.78, 5) is 19.1. The van der Waals surface area contributed by atoms with Gasteiger partial charge < -0.3 is 10.2 Å². The second kappa shape index (κ2) is 10.9. The summed E-state index contributed by atoms with van der Waals surface area (Å²) in [5.74, 6) is 0.605. The number of hydrogen-bond acceptors (Lipinski definition) is 3. The van der Waals surface area contributed by atoms with Crippen molar-refractivity contribution >= 4 is 5.91 Å². The normalized spacial score (nSPS) is 16.2. The molecule has 4 heteroatoms. The van der Waals surface area contributed by atoms with E-state index in [1.54, 1.807) is 0 Å². The molecule has 1 atom stereocenters. The van der Waals surface area contributed by atoms with Crippen LogP contribution in [0.2, 0.25) is 0 Å². The maximum absolute atomic E-state index is 12.6. The van der Waals surface area contributed by atoms with Gasteiger partial charge in [-0.15, -0.1) is 0 Å². The van der Waals surface area contributed by atoms with Gasteiger partial charge in [0.1, 0.15) is 0 Å². The van der Waals surface area contributed by atoms with Crippen molar-refractivity contribution in [3.8, 4) is 0 Å². The number of pyridine rings is 1. The second-order valence-electron chi connectivity index (χ2n) is 8.23. The van der Waals surface area contributed by atoms with Gasteiger partial charge in [0.25, 0.3) is 0 Å². The molecular formula is C27H31N3O. The number of hydrogen-bond donors (Lipinski definition) is 1. The fraction of sp³-hybridized carbons (Fsp3) is 0.333. The minimum Gasteiger partial charge on any atom is -0.340 e. The van der Waals surface area contributed by atoms with Crippen LogP contribution in [-0.4, -0.2) is 34.9 Å². The molecule has 1 N–H and O–H groups in total. The molecular weight excluding hydrogens is 382 g/mol. The number of aromatic nitrogens is 1. The predicted molar refractivity (Wildman–Crippen MR) is 125 cm³/mol. The van der Waals surface area contributed by atoms with Gasteiger partial charge in [0, 0.05) is 37.7 Å². The molecule has 0 spiro atoms. The van der Waals surface area contributed by atoms with E-state index in [1.807, 2.05) is 24.4 Å². The number of nitrogens with zero attached hydrogens (tertiary/aromatic N) is 2. The average Bonchev–Trinajstić information content (AvgIpc) is 3.18. The minimum absolute atomic E-state index is 0.301. The molecule has 1 saturated heterocycles. The molecule has 4 rings (SSSR count). The standard InChI is InChI=1S/C27H31N3O/c31-27-15-14-25(16-19-28-21-24-13-7-8-18-29-24)30(27)20-17-26(22-9-3-1-4-10-22)23-11-5-2-6-12-23/h1-13,18,25-26,28H,14-17,19-21H2/t25-/m0/s1. The molecule has 0 unspecified atom stereocenters. The van der Waals surface area contributed by atoms with Crippen LogP contribution in [0.25, 0.3) is 0 Å². The van der Waals surface area contributed by atoms with E-state index >= 15 is 0 Å². The number of nitrogens with one attached hydrogen (secondary N) is 1. The molecule has 1 aliphatic rings. The van der Waals surface area contributed by atoms with Gasteiger partial charge in [-0.25, -0.2) is 0 Å². The Morgan fingerprint density at radius 1 is 0.935 bits per heavy atom. The second-order valence-corrected chi connectivity index (χ2v) is 8.23. The highest BCUT2D eigenvalue weighted by Gasteiger charge is 2.30. The lowest BCUT2D eigenvalue weighted by Gasteiger charge is -2.28. The topological polar surface area (TPSA) is 45.2 Å². The highest BCUT2D eigenvalue weighted by Crippen LogP contribution is 2.30. The molecule has 160 valence electrons. The molecule has 4 nitrogen and oxygen atoms in total. The molecule has 1 fully saturated rings. The number of benzene rings is 2. The summed E-state index contributed by atoms with van der Waals surface area (Å²) in [7, 11) is 0. The molecule has 31 heavy (non-hydrogen) atoms. The third-order valence-corrected chi connectivity index (χ3v) is 6.20. The Hall–Kier alpha value is -2.98. The van der Waals surface area contributed by atoms with Crippen molar-refractivity contribution < 1.29 is 4.79 Å². The minimum atomic E-state index is 0.301. The average molecular weight is 414 g/mol. The Bertz CT molecular complexity index is 891. The molecule has 1 amide bonds. The maximum Gasteiger partial charge on any atom is 0.222 e. The van der Waals surface area contributed by atoms with Crippen LogP contribution in [0, 0.1) is 0 Å². The summed E-state index contributed by atoms with van der Waals surface area (Å²) in [5.41, 5.74) is 3.68. The van der Waals surface area contributed by atoms with E-state index in [1.165, 1.54) is 11.1 Å². The number of carbonyl (C=O) groups excluding carboxylic acids is 1. The van der Waals surface area contributed by atoms with Crippen molar-refractivity contribution in [2.45, 2.75) is 44.2 Å². The van der Waals surface area contributed by atoms with Crippen LogP contribution >= 0.6 is 0 Å². The van der Waals surface area contributed by atoms with Gasteiger partial charge in [0.2, 0.25) is 5.91 Å². The van der Waals surface area contributed by atoms with E-state index in [0.29, 0.717) is 24.3 Å². The molecule has 2 aromatic carbocycles. The Balaban J connectivity index is 1.35. The first-order chi connectivity index (χ1) is 15.3. The van der Waals surface area contributed by atoms with E-state index in [0.717, 1.165) is 44.6 Å². The molecule has 0 saturated carbocycles. The van der Waals surface area contributed by atoms with E-state index in [4.69, 9.17) is 0 Å². The van der Waals surface area contributed by atoms with Crippen molar-refractivity contribution in [1.29, 1.82) is 0 Å². The number of amides is 1. The highest BCUT2D eigenvalue weighted by atomic mass is 16.2. The van der Waals surface area contributed by atoms with Gasteiger partial charge in [0.05, 0.1) is 5.69 Å². The first-order valence-corrected chi connectivity index (χ1v) is 11.3. The molecule has 2 heterocycles. The van der Waals surface area contributed by atoms with Crippen LogP contribution in [0.5, 0.6) is 0 Å². The van der Waals surface area contributed by atoms with Gasteiger partial charge >= 0.3 is 0 Å². The fourth-order valence-corrected chi connectivity index (χ4v) is 4.55. The Morgan fingerprint density at radius 3 is 2.26 bits per heavy atom. The van der Waals surface area contributed by atoms with Crippen molar-refractivity contribution in [3.05, 3.63) is 102 Å². The number of likely N-dealkylation sites (tertiary alicyclic amines) is 1. The zero-order valence-electron chi connectivity index (χ0n) is 18.0. The van der Waals surface area contributed by atoms with Gasteiger partial charge in [-0.2, -0.15) is 0 Å². The monoisotopic (exact) mass is 413 g/mol. The lowest BCUT2D eigenvalue weighted by molar-refractivity contribution is -0.129. The Kier molecular flexibility index (Phi) is 7.46. The van der Waals surface area contributed by atoms with E-state index < -0.39 is 0 Å². The summed E-state index contributed by atoms with van der Waals surface area (Å²) >= 11 is 0. The predicted octanol–water partition coefficient (Wildman–Crippen LogP) is 4.77. The van der Waals surface area contributed by atoms with Gasteiger partial charge in [0.15, 0.2) is 0 Å². The molecule has 0 radical (unpaired) electrons. The SMILES string of the molecule is O=C1CC[C@@H](CCNCc2ccccn2)N1CCC(c1ccccc1)c1ccccc1. The van der Waals surface area contributed by atoms with Crippen LogP contribution in [0.1, 0.15) is 48.4 Å². The quantitative estimate of drug-likeness (QED) is 0.487. The molecule has 0 aliphatic carbocycles. The zero-order valence-corrected chi connectivity index (χ0v) is 18.0. The summed E-state index contributed by atoms with van der Waals surface area (Å²) in [6, 6.07) is 27.6. The van der Waals surface area contributed by atoms with Crippen LogP contribution < -0.4 is 5.32 Å². The van der Waals surface area contributed by atoms with E-state index in [9.17, 15) is 4.79 Å². The first-order valence-electron chi connectivity index (χ1n) is 11.3. The maximum atomic E-state index is 12.6. The smallest absolute Gasteiger partial charge is 0.222 e. The summed E-state index contributed by atoms with van der Waals surface area (Å²) in [6.07, 6.45) is 5.39. The van der Waals surface area contributed by atoms with E-state index in [2.05, 4.69) is 75.9 Å². The van der Waals surface area contributed by atoms with Gasteiger partial charge in [-0.3, -0.25) is 9.78 Å². The highest BCUT2D eigenvalue weighted by molar-refractivity contribution is 5.78. The number of rotatable bonds is 10. The summed E-state index contributed by atoms with van der Waals surface area (Å²) in [6.45, 7) is 2.47. The summed E-state index contributed by atoms with van der Waals surface area (Å²) < 4.78 is 0. The Labute approximate surface area is 185 Å². The lowest BCUT2D eigenvalue weighted by Crippen LogP contribution is -2.36. The molecule has 1 aromatic heterocycles. The Morgan fingerprint density at radius 2 is 1.61 bits per heavy atom. The van der Waals surface area contributed by atoms with Crippen LogP contribution in [0.3, 0.4) is 0 Å². The number of carbonyl (C=O) groups is 1. The zero-order chi connectivity index (χ0) is 21.3. The van der Waals surface area contributed by atoms with Crippen LogP contribution in [0.4, 0.5) is 0 Å². The fourth-order valence-electron chi connectivity index (χ4n) is 4.55. The molecule has 0 bridgehead atoms. The van der Waals surface area contributed by atoms with Gasteiger partial charge in [-0.1, -0.05) is 66.7 Å². The summed E-state index contributed by atoms with van der Waals surface area (Å²) in [5, 5.41) is 3.48.